The quantitative estimate of drug-likeness (QED) is 0.243. The van der Waals surface area contributed by atoms with Crippen LogP contribution in [0.15, 0.2) is 60.9 Å². The van der Waals surface area contributed by atoms with E-state index in [2.05, 4.69) is 68.3 Å². The molecule has 36 heavy (non-hydrogen) atoms. The molecule has 2 aliphatic heterocycles. The number of benzene rings is 2. The molecule has 10 heteroatoms. The van der Waals surface area contributed by atoms with Gasteiger partial charge in [-0.25, -0.2) is 9.97 Å². The molecule has 0 aliphatic carbocycles. The molecule has 0 saturated carbocycles. The fraction of sp³-hybridized carbons (Fsp3) is 0.308. The molecule has 0 amide bonds. The standard InChI is InChI=1S/C26H32N10/c27-25(28)35-13-9-33(10-14-35)21-5-1-19(2-6-21)23-17-24(32-18-31-23)20-3-7-22(8-4-20)34-11-15-36(16-12-34)26(29)30/h1-8,17-18H,9-16H2,(H6,27,28,29,30)/p+1. The summed E-state index contributed by atoms with van der Waals surface area (Å²) in [5, 5.41) is 7.60. The molecule has 2 aromatic carbocycles. The van der Waals surface area contributed by atoms with Crippen LogP contribution in [0.3, 0.4) is 0 Å². The highest BCUT2D eigenvalue weighted by atomic mass is 15.3. The van der Waals surface area contributed by atoms with Crippen molar-refractivity contribution in [2.24, 2.45) is 17.2 Å². The number of nitrogens with two attached hydrogens (primary N) is 3. The number of nitrogens with zero attached hydrogens (tertiary/aromatic N) is 6. The molecule has 0 bridgehead atoms. The molecule has 2 fully saturated rings. The minimum atomic E-state index is 0.147. The van der Waals surface area contributed by atoms with Gasteiger partial charge in [0.25, 0.3) is 0 Å². The van der Waals surface area contributed by atoms with Gasteiger partial charge in [0.05, 0.1) is 24.5 Å². The lowest BCUT2D eigenvalue weighted by molar-refractivity contribution is -0.531. The molecule has 0 spiro atoms. The normalized spacial score (nSPS) is 16.2. The van der Waals surface area contributed by atoms with E-state index < -0.39 is 0 Å². The number of piperazine rings is 2. The first-order chi connectivity index (χ1) is 17.5. The Morgan fingerprint density at radius 3 is 1.61 bits per heavy atom. The first-order valence-corrected chi connectivity index (χ1v) is 12.2. The largest absolute Gasteiger partial charge is 0.370 e. The predicted molar refractivity (Wildman–Crippen MR) is 144 cm³/mol. The summed E-state index contributed by atoms with van der Waals surface area (Å²) in [6.45, 7) is 6.66. The fourth-order valence-electron chi connectivity index (χ4n) is 4.79. The molecule has 3 aromatic rings. The molecule has 186 valence electrons. The topological polar surface area (TPSA) is 140 Å². The molecule has 5 rings (SSSR count). The van der Waals surface area contributed by atoms with Gasteiger partial charge in [0.15, 0.2) is 5.96 Å². The molecule has 0 atom stereocenters. The lowest BCUT2D eigenvalue weighted by Crippen LogP contribution is -2.50. The number of aromatic nitrogens is 2. The number of rotatable bonds is 4. The predicted octanol–water partition coefficient (Wildman–Crippen LogP) is 0.932. The molecule has 7 N–H and O–H groups in total. The van der Waals surface area contributed by atoms with Crippen LogP contribution in [-0.4, -0.2) is 83.7 Å². The Balaban J connectivity index is 1.26. The summed E-state index contributed by atoms with van der Waals surface area (Å²) in [7, 11) is 0. The second-order valence-electron chi connectivity index (χ2n) is 9.14. The van der Waals surface area contributed by atoms with Gasteiger partial charge in [-0.3, -0.25) is 21.5 Å². The van der Waals surface area contributed by atoms with Crippen molar-refractivity contribution in [2.45, 2.75) is 0 Å². The Hall–Kier alpha value is -4.34. The first-order valence-electron chi connectivity index (χ1n) is 12.2. The zero-order valence-corrected chi connectivity index (χ0v) is 20.3. The molecular formula is C26H33N10+. The minimum absolute atomic E-state index is 0.147. The van der Waals surface area contributed by atoms with Crippen LogP contribution in [0.2, 0.25) is 0 Å². The van der Waals surface area contributed by atoms with Gasteiger partial charge in [-0.05, 0) is 30.3 Å². The summed E-state index contributed by atoms with van der Waals surface area (Å²) in [6.07, 6.45) is 1.63. The number of hydrogen-bond acceptors (Lipinski definition) is 5. The molecular weight excluding hydrogens is 452 g/mol. The summed E-state index contributed by atoms with van der Waals surface area (Å²) in [6, 6.07) is 19.0. The van der Waals surface area contributed by atoms with E-state index in [4.69, 9.17) is 22.6 Å². The van der Waals surface area contributed by atoms with Gasteiger partial charge in [-0.1, -0.05) is 24.3 Å². The third-order valence-corrected chi connectivity index (χ3v) is 6.99. The van der Waals surface area contributed by atoms with Crippen molar-refractivity contribution in [3.63, 3.8) is 0 Å². The van der Waals surface area contributed by atoms with Gasteiger partial charge in [-0.2, -0.15) is 0 Å². The molecule has 10 nitrogen and oxygen atoms in total. The average molecular weight is 486 g/mol. The Kier molecular flexibility index (Phi) is 6.57. The van der Waals surface area contributed by atoms with E-state index in [-0.39, 0.29) is 5.96 Å². The van der Waals surface area contributed by atoms with Gasteiger partial charge in [0, 0.05) is 61.8 Å². The lowest BCUT2D eigenvalue weighted by Gasteiger charge is -2.36. The van der Waals surface area contributed by atoms with E-state index in [1.165, 1.54) is 11.4 Å². The maximum atomic E-state index is 7.60. The van der Waals surface area contributed by atoms with Crippen molar-refractivity contribution in [3.05, 3.63) is 60.9 Å². The Morgan fingerprint density at radius 1 is 0.694 bits per heavy atom. The zero-order chi connectivity index (χ0) is 25.1. The van der Waals surface area contributed by atoms with Crippen LogP contribution in [0.5, 0.6) is 0 Å². The van der Waals surface area contributed by atoms with Crippen LogP contribution in [0.4, 0.5) is 11.4 Å². The molecule has 2 saturated heterocycles. The van der Waals surface area contributed by atoms with Crippen LogP contribution in [0.1, 0.15) is 0 Å². The maximum Gasteiger partial charge on any atom is 0.341 e. The van der Waals surface area contributed by atoms with Crippen LogP contribution < -0.4 is 27.0 Å². The highest BCUT2D eigenvalue weighted by Gasteiger charge is 2.19. The summed E-state index contributed by atoms with van der Waals surface area (Å²) >= 11 is 0. The highest BCUT2D eigenvalue weighted by molar-refractivity contribution is 5.75. The van der Waals surface area contributed by atoms with E-state index in [1.807, 2.05) is 15.5 Å². The van der Waals surface area contributed by atoms with E-state index in [0.29, 0.717) is 5.96 Å². The average Bonchev–Trinajstić information content (AvgIpc) is 2.93. The van der Waals surface area contributed by atoms with Crippen molar-refractivity contribution in [1.82, 2.24) is 14.9 Å². The smallest absolute Gasteiger partial charge is 0.341 e. The SMILES string of the molecule is N=C(N)N1CCN(c2ccc(-c3cc(-c4ccc(N5CC[N+](=C(N)N)CC5)cc4)ncn3)cc2)CC1. The van der Waals surface area contributed by atoms with Gasteiger partial charge < -0.3 is 20.4 Å². The summed E-state index contributed by atoms with van der Waals surface area (Å²) in [5.41, 5.74) is 23.3. The van der Waals surface area contributed by atoms with E-state index in [1.54, 1.807) is 6.33 Å². The Labute approximate surface area is 211 Å². The summed E-state index contributed by atoms with van der Waals surface area (Å²) in [4.78, 5) is 15.6. The third kappa shape index (κ3) is 5.02. The number of hydrogen-bond donors (Lipinski definition) is 4. The van der Waals surface area contributed by atoms with E-state index in [9.17, 15) is 0 Å². The zero-order valence-electron chi connectivity index (χ0n) is 20.3. The summed E-state index contributed by atoms with van der Waals surface area (Å²) < 4.78 is 2.01. The molecule has 2 aliphatic rings. The monoisotopic (exact) mass is 485 g/mol. The number of anilines is 2. The molecule has 0 radical (unpaired) electrons. The number of guanidine groups is 2. The van der Waals surface area contributed by atoms with E-state index in [0.717, 1.165) is 74.9 Å². The molecule has 3 heterocycles. The minimum Gasteiger partial charge on any atom is -0.370 e. The Bertz CT molecular complexity index is 1230. The van der Waals surface area contributed by atoms with Gasteiger partial charge >= 0.3 is 5.96 Å². The second kappa shape index (κ2) is 10.1. The van der Waals surface area contributed by atoms with Crippen molar-refractivity contribution >= 4 is 23.3 Å². The maximum absolute atomic E-state index is 7.60. The van der Waals surface area contributed by atoms with Gasteiger partial charge in [0.1, 0.15) is 6.33 Å². The fourth-order valence-corrected chi connectivity index (χ4v) is 4.79. The van der Waals surface area contributed by atoms with Crippen molar-refractivity contribution < 1.29 is 4.58 Å². The number of nitrogens with one attached hydrogen (secondary N) is 1. The third-order valence-electron chi connectivity index (χ3n) is 6.99. The van der Waals surface area contributed by atoms with Crippen LogP contribution in [0.25, 0.3) is 22.5 Å². The first kappa shape index (κ1) is 23.4. The van der Waals surface area contributed by atoms with Crippen LogP contribution in [0, 0.1) is 5.41 Å². The summed E-state index contributed by atoms with van der Waals surface area (Å²) in [5.74, 6) is 0.542. The van der Waals surface area contributed by atoms with Gasteiger partial charge in [-0.15, -0.1) is 0 Å². The molecule has 0 unspecified atom stereocenters. The highest BCUT2D eigenvalue weighted by Crippen LogP contribution is 2.27. The lowest BCUT2D eigenvalue weighted by atomic mass is 10.1. The van der Waals surface area contributed by atoms with Crippen molar-refractivity contribution in [3.8, 4) is 22.5 Å². The van der Waals surface area contributed by atoms with E-state index >= 15 is 0 Å². The second-order valence-corrected chi connectivity index (χ2v) is 9.14. The van der Waals surface area contributed by atoms with Crippen molar-refractivity contribution in [2.75, 3.05) is 62.2 Å². The Morgan fingerprint density at radius 2 is 1.17 bits per heavy atom. The van der Waals surface area contributed by atoms with Crippen molar-refractivity contribution in [1.29, 1.82) is 5.41 Å². The van der Waals surface area contributed by atoms with Crippen LogP contribution in [-0.2, 0) is 0 Å². The molecule has 1 aromatic heterocycles. The van der Waals surface area contributed by atoms with Gasteiger partial charge in [0.2, 0.25) is 0 Å². The van der Waals surface area contributed by atoms with Crippen LogP contribution >= 0.6 is 0 Å².